The Bertz CT molecular complexity index is 1510. The quantitative estimate of drug-likeness (QED) is 0.364. The van der Waals surface area contributed by atoms with Gasteiger partial charge in [-0.1, -0.05) is 68.6 Å². The van der Waals surface area contributed by atoms with Crippen LogP contribution in [0.2, 0.25) is 5.02 Å². The molecule has 1 saturated carbocycles. The topological polar surface area (TPSA) is 94.1 Å². The van der Waals surface area contributed by atoms with Gasteiger partial charge in [0.2, 0.25) is 5.91 Å². The first-order valence-corrected chi connectivity index (χ1v) is 14.2. The average Bonchev–Trinajstić information content (AvgIpc) is 3.14. The minimum atomic E-state index is -4.12. The van der Waals surface area contributed by atoms with Crippen molar-refractivity contribution < 1.29 is 22.2 Å². The molecule has 1 aliphatic heterocycles. The summed E-state index contributed by atoms with van der Waals surface area (Å²) in [6.07, 6.45) is -0.163. The molecule has 37 heavy (non-hydrogen) atoms. The Labute approximate surface area is 229 Å². The molecule has 7 nitrogen and oxygen atoms in total. The van der Waals surface area contributed by atoms with Crippen molar-refractivity contribution in [3.05, 3.63) is 92.9 Å². The van der Waals surface area contributed by atoms with Gasteiger partial charge < -0.3 is 10.1 Å². The third kappa shape index (κ3) is 4.58. The molecule has 1 spiro atoms. The minimum absolute atomic E-state index is 0.0130. The predicted octanol–water partition coefficient (Wildman–Crippen LogP) is 5.95. The molecule has 3 atom stereocenters. The third-order valence-corrected chi connectivity index (χ3v) is 8.93. The number of hydrogen-bond donors (Lipinski definition) is 1. The van der Waals surface area contributed by atoms with E-state index in [0.717, 1.165) is 21.2 Å². The maximum absolute atomic E-state index is 13.8. The van der Waals surface area contributed by atoms with Gasteiger partial charge in [-0.25, -0.2) is 0 Å². The highest BCUT2D eigenvalue weighted by molar-refractivity contribution is 9.10. The smallest absolute Gasteiger partial charge is 0.358 e. The molecule has 1 amide bonds. The molecule has 1 aliphatic carbocycles. The lowest BCUT2D eigenvalue weighted by Crippen LogP contribution is -2.55. The van der Waals surface area contributed by atoms with E-state index in [1.165, 1.54) is 12.1 Å². The Morgan fingerprint density at radius 2 is 1.84 bits per heavy atom. The fourth-order valence-corrected chi connectivity index (χ4v) is 6.69. The highest BCUT2D eigenvalue weighted by atomic mass is 79.9. The maximum atomic E-state index is 13.8. The summed E-state index contributed by atoms with van der Waals surface area (Å²) in [6, 6.07) is 19.3. The van der Waals surface area contributed by atoms with Gasteiger partial charge in [0, 0.05) is 34.6 Å². The number of halogens is 2. The molecule has 1 heterocycles. The van der Waals surface area contributed by atoms with Crippen LogP contribution in [0.15, 0.2) is 81.3 Å². The Hall–Kier alpha value is -2.72. The molecule has 0 radical (unpaired) electrons. The summed E-state index contributed by atoms with van der Waals surface area (Å²) in [4.78, 5) is 13.8. The van der Waals surface area contributed by atoms with E-state index in [4.69, 9.17) is 20.6 Å². The van der Waals surface area contributed by atoms with E-state index in [1.54, 1.807) is 25.3 Å². The molecule has 2 aliphatic rings. The van der Waals surface area contributed by atoms with Crippen LogP contribution in [0, 0.1) is 6.92 Å². The predicted molar refractivity (Wildman–Crippen MR) is 146 cm³/mol. The molecule has 3 aromatic rings. The Kier molecular flexibility index (Phi) is 6.91. The summed E-state index contributed by atoms with van der Waals surface area (Å²) < 4.78 is 37.5. The van der Waals surface area contributed by atoms with Crippen molar-refractivity contribution in [2.45, 2.75) is 42.1 Å². The number of rotatable bonds is 5. The van der Waals surface area contributed by atoms with Gasteiger partial charge in [0.15, 0.2) is 0 Å². The van der Waals surface area contributed by atoms with Crippen molar-refractivity contribution in [1.82, 2.24) is 0 Å². The zero-order valence-corrected chi connectivity index (χ0v) is 23.2. The third-order valence-electron chi connectivity index (χ3n) is 7.08. The molecular formula is C27H24BrClN2O5S. The largest absolute Gasteiger partial charge is 0.380 e. The van der Waals surface area contributed by atoms with E-state index in [1.807, 2.05) is 43.3 Å². The van der Waals surface area contributed by atoms with Crippen LogP contribution in [0.1, 0.15) is 35.4 Å². The molecule has 0 unspecified atom stereocenters. The van der Waals surface area contributed by atoms with E-state index in [-0.39, 0.29) is 23.6 Å². The number of carbonyl (C=O) groups excluding carboxylic acids is 1. The summed E-state index contributed by atoms with van der Waals surface area (Å²) in [5, 5.41) is 7.63. The number of fused-ring (bicyclic) bond motifs is 2. The molecule has 192 valence electrons. The number of anilines is 1. The van der Waals surface area contributed by atoms with Crippen LogP contribution in [0.25, 0.3) is 0 Å². The SMILES string of the molecule is CO[C@H]1CC(=NOS(=O)(=O)c2ccc(C)cc2)C[C@@H](c2cccc(Cl)c2)[C@]12C(=O)Nc1cc(Br)ccc12. The van der Waals surface area contributed by atoms with Crippen LogP contribution in [0.4, 0.5) is 5.69 Å². The highest BCUT2D eigenvalue weighted by Gasteiger charge is 2.60. The van der Waals surface area contributed by atoms with Crippen LogP contribution >= 0.6 is 27.5 Å². The van der Waals surface area contributed by atoms with E-state index in [0.29, 0.717) is 16.4 Å². The standard InChI is InChI=1S/C27H24BrClN2O5S/c1-16-6-9-21(10-7-16)37(33,34)36-31-20-14-23(17-4-3-5-19(29)12-17)27(25(15-20)35-2)22-11-8-18(28)13-24(22)30-26(27)32/h3-13,23,25H,14-15H2,1-2H3,(H,30,32)/t23-,25-,27-/m0/s1. The van der Waals surface area contributed by atoms with E-state index >= 15 is 0 Å². The number of nitrogens with one attached hydrogen (secondary N) is 1. The molecule has 0 aromatic heterocycles. The van der Waals surface area contributed by atoms with E-state index in [9.17, 15) is 13.2 Å². The van der Waals surface area contributed by atoms with Gasteiger partial charge in [0.25, 0.3) is 0 Å². The van der Waals surface area contributed by atoms with Crippen LogP contribution in [0.3, 0.4) is 0 Å². The fraction of sp³-hybridized carbons (Fsp3) is 0.259. The monoisotopic (exact) mass is 602 g/mol. The number of benzene rings is 3. The second-order valence-electron chi connectivity index (χ2n) is 9.25. The number of ether oxygens (including phenoxy) is 1. The second kappa shape index (κ2) is 9.87. The second-order valence-corrected chi connectivity index (χ2v) is 12.1. The number of hydrogen-bond acceptors (Lipinski definition) is 6. The molecule has 3 aromatic carbocycles. The fourth-order valence-electron chi connectivity index (χ4n) is 5.37. The highest BCUT2D eigenvalue weighted by Crippen LogP contribution is 2.55. The zero-order chi connectivity index (χ0) is 26.4. The Balaban J connectivity index is 1.59. The van der Waals surface area contributed by atoms with Crippen LogP contribution < -0.4 is 5.32 Å². The number of aryl methyl sites for hydroxylation is 1. The first-order valence-electron chi connectivity index (χ1n) is 11.6. The number of methoxy groups -OCH3 is 1. The van der Waals surface area contributed by atoms with Gasteiger partial charge in [-0.15, -0.1) is 0 Å². The lowest BCUT2D eigenvalue weighted by Gasteiger charge is -2.45. The van der Waals surface area contributed by atoms with Crippen LogP contribution in [-0.2, 0) is 29.3 Å². The van der Waals surface area contributed by atoms with Crippen molar-refractivity contribution in [1.29, 1.82) is 0 Å². The van der Waals surface area contributed by atoms with Crippen LogP contribution in [0.5, 0.6) is 0 Å². The van der Waals surface area contributed by atoms with Crippen molar-refractivity contribution in [3.8, 4) is 0 Å². The normalized spacial score (nSPS) is 24.2. The first kappa shape index (κ1) is 25.9. The van der Waals surface area contributed by atoms with Gasteiger partial charge in [0.05, 0.1) is 11.8 Å². The number of nitrogens with zero attached hydrogens (tertiary/aromatic N) is 1. The molecule has 1 fully saturated rings. The van der Waals surface area contributed by atoms with E-state index < -0.39 is 27.6 Å². The van der Waals surface area contributed by atoms with Gasteiger partial charge in [-0.05, 0) is 60.9 Å². The first-order chi connectivity index (χ1) is 17.6. The molecule has 5 rings (SSSR count). The maximum Gasteiger partial charge on any atom is 0.358 e. The summed E-state index contributed by atoms with van der Waals surface area (Å²) >= 11 is 9.83. The molecule has 10 heteroatoms. The van der Waals surface area contributed by atoms with Gasteiger partial charge >= 0.3 is 10.1 Å². The van der Waals surface area contributed by atoms with E-state index in [2.05, 4.69) is 26.4 Å². The number of carbonyl (C=O) groups is 1. The average molecular weight is 604 g/mol. The van der Waals surface area contributed by atoms with Gasteiger partial charge in [-0.2, -0.15) is 8.42 Å². The lowest BCUT2D eigenvalue weighted by molar-refractivity contribution is -0.128. The molecular weight excluding hydrogens is 580 g/mol. The molecule has 0 bridgehead atoms. The summed E-state index contributed by atoms with van der Waals surface area (Å²) in [6.45, 7) is 1.87. The lowest BCUT2D eigenvalue weighted by atomic mass is 9.59. The summed E-state index contributed by atoms with van der Waals surface area (Å²) in [5.41, 5.74) is 2.64. The summed E-state index contributed by atoms with van der Waals surface area (Å²) in [7, 11) is -2.57. The Morgan fingerprint density at radius 1 is 1.08 bits per heavy atom. The minimum Gasteiger partial charge on any atom is -0.380 e. The zero-order valence-electron chi connectivity index (χ0n) is 20.1. The van der Waals surface area contributed by atoms with Crippen molar-refractivity contribution in [2.75, 3.05) is 12.4 Å². The number of amides is 1. The number of oxime groups is 1. The van der Waals surface area contributed by atoms with Gasteiger partial charge in [0.1, 0.15) is 10.3 Å². The van der Waals surface area contributed by atoms with Crippen molar-refractivity contribution in [2.24, 2.45) is 5.16 Å². The van der Waals surface area contributed by atoms with Gasteiger partial charge in [-0.3, -0.25) is 9.08 Å². The summed E-state index contributed by atoms with van der Waals surface area (Å²) in [5.74, 6) is -0.638. The Morgan fingerprint density at radius 3 is 2.54 bits per heavy atom. The molecule has 0 saturated heterocycles. The molecule has 1 N–H and O–H groups in total. The van der Waals surface area contributed by atoms with Crippen molar-refractivity contribution >= 4 is 55.0 Å². The van der Waals surface area contributed by atoms with Crippen molar-refractivity contribution in [3.63, 3.8) is 0 Å². The van der Waals surface area contributed by atoms with Crippen LogP contribution in [-0.4, -0.2) is 33.3 Å².